The molecule has 23 heavy (non-hydrogen) atoms. The third-order valence-corrected chi connectivity index (χ3v) is 4.67. The predicted molar refractivity (Wildman–Crippen MR) is 85.7 cm³/mol. The highest BCUT2D eigenvalue weighted by atomic mass is 79.9. The van der Waals surface area contributed by atoms with Gasteiger partial charge >= 0.3 is 0 Å². The molecule has 1 fully saturated rings. The minimum absolute atomic E-state index is 0.0510. The van der Waals surface area contributed by atoms with Crippen LogP contribution in [0.15, 0.2) is 15.3 Å². The quantitative estimate of drug-likeness (QED) is 0.801. The number of hydrogen-bond acceptors (Lipinski definition) is 4. The molecule has 124 valence electrons. The van der Waals surface area contributed by atoms with Gasteiger partial charge in [0.15, 0.2) is 5.82 Å². The summed E-state index contributed by atoms with van der Waals surface area (Å²) in [6.45, 7) is 1.26. The summed E-state index contributed by atoms with van der Waals surface area (Å²) in [5, 5.41) is -0.148. The maximum absolute atomic E-state index is 14.1. The fraction of sp³-hybridized carbons (Fsp3) is 0.467. The number of halogens is 3. The molecule has 0 amide bonds. The van der Waals surface area contributed by atoms with Crippen LogP contribution >= 0.6 is 15.9 Å². The Bertz CT molecular complexity index is 818. The van der Waals surface area contributed by atoms with Crippen molar-refractivity contribution in [3.63, 3.8) is 0 Å². The molecule has 1 aliphatic rings. The first kappa shape index (κ1) is 16.3. The molecule has 1 heterocycles. The summed E-state index contributed by atoms with van der Waals surface area (Å²) in [5.74, 6) is -1.76. The maximum Gasteiger partial charge on any atom is 0.297 e. The Kier molecular flexibility index (Phi) is 4.14. The van der Waals surface area contributed by atoms with Gasteiger partial charge in [-0.25, -0.2) is 8.78 Å². The molecule has 1 N–H and O–H groups in total. The number of ether oxygens (including phenoxy) is 1. The van der Waals surface area contributed by atoms with E-state index in [1.165, 1.54) is 0 Å². The van der Waals surface area contributed by atoms with Crippen LogP contribution in [0.5, 0.6) is 6.01 Å². The second-order valence-electron chi connectivity index (χ2n) is 6.28. The van der Waals surface area contributed by atoms with Crippen molar-refractivity contribution < 1.29 is 13.5 Å². The number of hydrogen-bond donors (Lipinski definition) is 1. The molecule has 8 heteroatoms. The molecule has 0 saturated heterocycles. The van der Waals surface area contributed by atoms with E-state index in [-0.39, 0.29) is 26.8 Å². The molecule has 1 aromatic carbocycles. The fourth-order valence-corrected chi connectivity index (χ4v) is 2.95. The van der Waals surface area contributed by atoms with Gasteiger partial charge in [-0.3, -0.25) is 9.78 Å². The summed E-state index contributed by atoms with van der Waals surface area (Å²) < 4.78 is 32.9. The van der Waals surface area contributed by atoms with E-state index in [9.17, 15) is 13.6 Å². The van der Waals surface area contributed by atoms with Crippen molar-refractivity contribution >= 4 is 26.8 Å². The summed E-state index contributed by atoms with van der Waals surface area (Å²) in [7, 11) is 3.97. The van der Waals surface area contributed by atoms with Gasteiger partial charge in [0.05, 0.1) is 16.5 Å². The second-order valence-corrected chi connectivity index (χ2v) is 7.07. The van der Waals surface area contributed by atoms with E-state index in [0.29, 0.717) is 6.61 Å². The Balaban J connectivity index is 1.90. The molecule has 0 spiro atoms. The Morgan fingerprint density at radius 1 is 1.43 bits per heavy atom. The van der Waals surface area contributed by atoms with Gasteiger partial charge < -0.3 is 9.64 Å². The van der Waals surface area contributed by atoms with Gasteiger partial charge in [-0.15, -0.1) is 0 Å². The molecule has 1 aliphatic carbocycles. The van der Waals surface area contributed by atoms with Gasteiger partial charge in [-0.2, -0.15) is 4.98 Å². The highest BCUT2D eigenvalue weighted by molar-refractivity contribution is 9.10. The van der Waals surface area contributed by atoms with Crippen LogP contribution in [-0.2, 0) is 0 Å². The minimum Gasteiger partial charge on any atom is -0.464 e. The Hall–Kier alpha value is -1.54. The molecule has 5 nitrogen and oxygen atoms in total. The predicted octanol–water partition coefficient (Wildman–Crippen LogP) is 2.68. The smallest absolute Gasteiger partial charge is 0.297 e. The summed E-state index contributed by atoms with van der Waals surface area (Å²) in [5.41, 5.74) is -0.791. The molecule has 1 aromatic heterocycles. The molecule has 3 rings (SSSR count). The van der Waals surface area contributed by atoms with Crippen molar-refractivity contribution in [2.45, 2.75) is 12.8 Å². The standard InChI is InChI=1S/C15H16BrF2N3O2/c1-21(2)6-15(3-4-15)7-23-14-19-12-8(13(22)20-14)5-9(17)10(16)11(12)18/h5H,3-4,6-7H2,1-2H3,(H,19,20,22). The lowest BCUT2D eigenvalue weighted by Crippen LogP contribution is -2.28. The average Bonchev–Trinajstić information content (AvgIpc) is 3.23. The normalized spacial score (nSPS) is 16.1. The van der Waals surface area contributed by atoms with Crippen molar-refractivity contribution in [1.29, 1.82) is 0 Å². The number of H-pyrrole nitrogens is 1. The van der Waals surface area contributed by atoms with Crippen molar-refractivity contribution in [1.82, 2.24) is 14.9 Å². The third kappa shape index (κ3) is 3.23. The van der Waals surface area contributed by atoms with E-state index < -0.39 is 17.2 Å². The summed E-state index contributed by atoms with van der Waals surface area (Å²) >= 11 is 2.81. The van der Waals surface area contributed by atoms with Crippen LogP contribution in [0.3, 0.4) is 0 Å². The number of aromatic nitrogens is 2. The van der Waals surface area contributed by atoms with E-state index in [0.717, 1.165) is 25.5 Å². The number of nitrogens with zero attached hydrogens (tertiary/aromatic N) is 2. The summed E-state index contributed by atoms with van der Waals surface area (Å²) in [4.78, 5) is 20.5. The topological polar surface area (TPSA) is 58.2 Å². The number of nitrogens with one attached hydrogen (secondary N) is 1. The molecular weight excluding hydrogens is 372 g/mol. The molecule has 0 atom stereocenters. The van der Waals surface area contributed by atoms with Crippen LogP contribution < -0.4 is 10.3 Å². The Morgan fingerprint density at radius 3 is 2.74 bits per heavy atom. The lowest BCUT2D eigenvalue weighted by molar-refractivity contribution is 0.183. The molecule has 0 bridgehead atoms. The summed E-state index contributed by atoms with van der Waals surface area (Å²) in [6.07, 6.45) is 2.07. The van der Waals surface area contributed by atoms with Crippen molar-refractivity contribution in [3.05, 3.63) is 32.5 Å². The zero-order chi connectivity index (χ0) is 16.8. The van der Waals surface area contributed by atoms with Crippen LogP contribution in [-0.4, -0.2) is 42.1 Å². The number of fused-ring (bicyclic) bond motifs is 1. The van der Waals surface area contributed by atoms with Crippen LogP contribution in [0.2, 0.25) is 0 Å². The Labute approximate surface area is 139 Å². The maximum atomic E-state index is 14.1. The number of benzene rings is 1. The van der Waals surface area contributed by atoms with E-state index in [4.69, 9.17) is 4.74 Å². The van der Waals surface area contributed by atoms with Crippen LogP contribution in [0.1, 0.15) is 12.8 Å². The molecule has 0 radical (unpaired) electrons. The fourth-order valence-electron chi connectivity index (χ4n) is 2.65. The van der Waals surface area contributed by atoms with Crippen LogP contribution in [0.25, 0.3) is 10.9 Å². The Morgan fingerprint density at radius 2 is 2.13 bits per heavy atom. The van der Waals surface area contributed by atoms with Crippen molar-refractivity contribution in [2.75, 3.05) is 27.2 Å². The SMILES string of the molecule is CN(C)CC1(COc2nc3c(F)c(Br)c(F)cc3c(=O)[nH]2)CC1. The number of aromatic amines is 1. The molecule has 2 aromatic rings. The van der Waals surface area contributed by atoms with Gasteiger partial charge in [0.25, 0.3) is 11.6 Å². The summed E-state index contributed by atoms with van der Waals surface area (Å²) in [6, 6.07) is 0.900. The molecule has 0 aliphatic heterocycles. The minimum atomic E-state index is -0.912. The number of rotatable bonds is 5. The lowest BCUT2D eigenvalue weighted by Gasteiger charge is -2.19. The van der Waals surface area contributed by atoms with Crippen molar-refractivity contribution in [3.8, 4) is 6.01 Å². The first-order chi connectivity index (χ1) is 10.8. The lowest BCUT2D eigenvalue weighted by atomic mass is 10.1. The molecular formula is C15H16BrF2N3O2. The molecule has 1 saturated carbocycles. The first-order valence-corrected chi connectivity index (χ1v) is 7.96. The second kappa shape index (κ2) is 5.83. The van der Waals surface area contributed by atoms with Crippen LogP contribution in [0, 0.1) is 17.0 Å². The zero-order valence-corrected chi connectivity index (χ0v) is 14.3. The van der Waals surface area contributed by atoms with Crippen LogP contribution in [0.4, 0.5) is 8.78 Å². The zero-order valence-electron chi connectivity index (χ0n) is 12.8. The average molecular weight is 388 g/mol. The first-order valence-electron chi connectivity index (χ1n) is 7.16. The molecule has 0 unspecified atom stereocenters. The van der Waals surface area contributed by atoms with E-state index in [1.54, 1.807) is 0 Å². The highest BCUT2D eigenvalue weighted by Crippen LogP contribution is 2.46. The highest BCUT2D eigenvalue weighted by Gasteiger charge is 2.44. The van der Waals surface area contributed by atoms with E-state index >= 15 is 0 Å². The third-order valence-electron chi connectivity index (χ3n) is 3.94. The largest absolute Gasteiger partial charge is 0.464 e. The van der Waals surface area contributed by atoms with Gasteiger partial charge in [0.2, 0.25) is 0 Å². The van der Waals surface area contributed by atoms with E-state index in [2.05, 4.69) is 30.8 Å². The van der Waals surface area contributed by atoms with Gasteiger partial charge in [-0.1, -0.05) is 0 Å². The van der Waals surface area contributed by atoms with E-state index in [1.807, 2.05) is 14.1 Å². The van der Waals surface area contributed by atoms with Gasteiger partial charge in [0, 0.05) is 12.0 Å². The van der Waals surface area contributed by atoms with Gasteiger partial charge in [-0.05, 0) is 48.9 Å². The van der Waals surface area contributed by atoms with Gasteiger partial charge in [0.1, 0.15) is 11.3 Å². The monoisotopic (exact) mass is 387 g/mol. The van der Waals surface area contributed by atoms with Crippen molar-refractivity contribution in [2.24, 2.45) is 5.41 Å².